The zero-order chi connectivity index (χ0) is 15.3. The van der Waals surface area contributed by atoms with Gasteiger partial charge in [-0.1, -0.05) is 97.5 Å². The average Bonchev–Trinajstić information content (AvgIpc) is 2.48. The SMILES string of the molecule is C/C(=C/C(C)c1ccccc1)C[Si](C)(C)c1ccccc1. The number of benzene rings is 2. The Hall–Kier alpha value is -1.60. The Morgan fingerprint density at radius 1 is 0.952 bits per heavy atom. The first-order chi connectivity index (χ1) is 9.99. The van der Waals surface area contributed by atoms with Gasteiger partial charge in [-0.3, -0.25) is 0 Å². The van der Waals surface area contributed by atoms with Crippen LogP contribution in [0.4, 0.5) is 0 Å². The molecule has 0 spiro atoms. The molecule has 0 nitrogen and oxygen atoms in total. The van der Waals surface area contributed by atoms with Gasteiger partial charge in [-0.15, -0.1) is 0 Å². The Kier molecular flexibility index (Phi) is 5.19. The lowest BCUT2D eigenvalue weighted by molar-refractivity contribution is 0.951. The molecule has 0 aliphatic carbocycles. The second-order valence-corrected chi connectivity index (χ2v) is 11.3. The van der Waals surface area contributed by atoms with E-state index in [0.717, 1.165) is 0 Å². The van der Waals surface area contributed by atoms with Crippen molar-refractivity contribution < 1.29 is 0 Å². The Morgan fingerprint density at radius 2 is 1.48 bits per heavy atom. The van der Waals surface area contributed by atoms with Gasteiger partial charge in [-0.25, -0.2) is 0 Å². The fraction of sp³-hybridized carbons (Fsp3) is 0.300. The molecular formula is C20H26Si. The van der Waals surface area contributed by atoms with Crippen LogP contribution in [0, 0.1) is 0 Å². The van der Waals surface area contributed by atoms with Gasteiger partial charge in [0.25, 0.3) is 0 Å². The number of rotatable bonds is 5. The maximum Gasteiger partial charge on any atom is 0.0845 e. The molecule has 0 N–H and O–H groups in total. The van der Waals surface area contributed by atoms with Gasteiger partial charge >= 0.3 is 0 Å². The molecule has 0 aliphatic rings. The zero-order valence-electron chi connectivity index (χ0n) is 13.6. The molecule has 0 aromatic heterocycles. The van der Waals surface area contributed by atoms with Crippen LogP contribution >= 0.6 is 0 Å². The second-order valence-electron chi connectivity index (χ2n) is 6.64. The molecule has 0 bridgehead atoms. The van der Waals surface area contributed by atoms with Gasteiger partial charge in [-0.05, 0) is 24.4 Å². The topological polar surface area (TPSA) is 0 Å². The van der Waals surface area contributed by atoms with Crippen LogP contribution in [0.25, 0.3) is 0 Å². The van der Waals surface area contributed by atoms with Crippen molar-refractivity contribution in [3.8, 4) is 0 Å². The predicted octanol–water partition coefficient (Wildman–Crippen LogP) is 5.35. The lowest BCUT2D eigenvalue weighted by atomic mass is 9.99. The predicted molar refractivity (Wildman–Crippen MR) is 97.0 cm³/mol. The van der Waals surface area contributed by atoms with Gasteiger partial charge in [0.1, 0.15) is 0 Å². The highest BCUT2D eigenvalue weighted by molar-refractivity contribution is 6.90. The number of allylic oxidation sites excluding steroid dienone is 2. The monoisotopic (exact) mass is 294 g/mol. The molecular weight excluding hydrogens is 268 g/mol. The van der Waals surface area contributed by atoms with Crippen molar-refractivity contribution in [2.24, 2.45) is 0 Å². The van der Waals surface area contributed by atoms with Crippen LogP contribution in [0.3, 0.4) is 0 Å². The number of hydrogen-bond donors (Lipinski definition) is 0. The summed E-state index contributed by atoms with van der Waals surface area (Å²) in [5, 5.41) is 1.55. The third-order valence-corrected chi connectivity index (χ3v) is 7.47. The van der Waals surface area contributed by atoms with Gasteiger partial charge in [0, 0.05) is 0 Å². The standard InChI is InChI=1S/C20H26Si/c1-17(15-18(2)19-11-7-5-8-12-19)16-21(3,4)20-13-9-6-10-14-20/h5-15,18H,16H2,1-4H3/b17-15-. The Labute approximate surface area is 130 Å². The van der Waals surface area contributed by atoms with Crippen LogP contribution < -0.4 is 5.19 Å². The lowest BCUT2D eigenvalue weighted by Crippen LogP contribution is -2.41. The Balaban J connectivity index is 2.10. The van der Waals surface area contributed by atoms with Gasteiger partial charge in [0.15, 0.2) is 0 Å². The molecule has 1 atom stereocenters. The summed E-state index contributed by atoms with van der Waals surface area (Å²) in [7, 11) is -1.38. The molecule has 0 aliphatic heterocycles. The summed E-state index contributed by atoms with van der Waals surface area (Å²) in [5.74, 6) is 0.492. The van der Waals surface area contributed by atoms with Crippen molar-refractivity contribution in [1.82, 2.24) is 0 Å². The summed E-state index contributed by atoms with van der Waals surface area (Å²) in [6, 6.07) is 23.0. The van der Waals surface area contributed by atoms with Gasteiger partial charge in [0.05, 0.1) is 8.07 Å². The molecule has 0 radical (unpaired) electrons. The molecule has 0 saturated carbocycles. The van der Waals surface area contributed by atoms with Gasteiger partial charge in [-0.2, -0.15) is 0 Å². The van der Waals surface area contributed by atoms with Crippen molar-refractivity contribution in [2.45, 2.75) is 38.9 Å². The van der Waals surface area contributed by atoms with E-state index in [0.29, 0.717) is 5.92 Å². The first-order valence-corrected chi connectivity index (χ1v) is 11.0. The normalized spacial score (nSPS) is 14.0. The molecule has 0 amide bonds. The highest BCUT2D eigenvalue weighted by atomic mass is 28.3. The second kappa shape index (κ2) is 6.90. The van der Waals surface area contributed by atoms with E-state index < -0.39 is 8.07 Å². The molecule has 2 rings (SSSR count). The molecule has 110 valence electrons. The van der Waals surface area contributed by atoms with Crippen LogP contribution in [0.5, 0.6) is 0 Å². The zero-order valence-corrected chi connectivity index (χ0v) is 14.6. The Bertz CT molecular complexity index is 582. The quantitative estimate of drug-likeness (QED) is 0.515. The molecule has 0 saturated heterocycles. The molecule has 0 fully saturated rings. The van der Waals surface area contributed by atoms with Crippen molar-refractivity contribution >= 4 is 13.3 Å². The van der Waals surface area contributed by atoms with E-state index in [4.69, 9.17) is 0 Å². The third-order valence-electron chi connectivity index (χ3n) is 4.14. The summed E-state index contributed by atoms with van der Waals surface area (Å²) >= 11 is 0. The lowest BCUT2D eigenvalue weighted by Gasteiger charge is -2.24. The first-order valence-electron chi connectivity index (χ1n) is 7.77. The van der Waals surface area contributed by atoms with E-state index in [-0.39, 0.29) is 0 Å². The smallest absolute Gasteiger partial charge is 0.0790 e. The Morgan fingerprint density at radius 3 is 2.05 bits per heavy atom. The summed E-state index contributed by atoms with van der Waals surface area (Å²) in [6.45, 7) is 9.51. The summed E-state index contributed by atoms with van der Waals surface area (Å²) in [4.78, 5) is 0. The van der Waals surface area contributed by atoms with E-state index >= 15 is 0 Å². The van der Waals surface area contributed by atoms with Crippen LogP contribution in [-0.4, -0.2) is 8.07 Å². The van der Waals surface area contributed by atoms with Crippen molar-refractivity contribution in [3.63, 3.8) is 0 Å². The largest absolute Gasteiger partial charge is 0.0845 e. The van der Waals surface area contributed by atoms with Gasteiger partial charge in [0.2, 0.25) is 0 Å². The minimum absolute atomic E-state index is 0.492. The fourth-order valence-electron chi connectivity index (χ4n) is 3.03. The van der Waals surface area contributed by atoms with Crippen molar-refractivity contribution in [3.05, 3.63) is 77.9 Å². The van der Waals surface area contributed by atoms with Gasteiger partial charge < -0.3 is 0 Å². The van der Waals surface area contributed by atoms with Crippen LogP contribution in [0.15, 0.2) is 72.3 Å². The maximum absolute atomic E-state index is 2.47. The average molecular weight is 295 g/mol. The fourth-order valence-corrected chi connectivity index (χ4v) is 5.84. The summed E-state index contributed by atoms with van der Waals surface area (Å²) in [5.41, 5.74) is 2.92. The summed E-state index contributed by atoms with van der Waals surface area (Å²) in [6.07, 6.45) is 2.44. The molecule has 1 unspecified atom stereocenters. The summed E-state index contributed by atoms with van der Waals surface area (Å²) < 4.78 is 0. The maximum atomic E-state index is 2.47. The third kappa shape index (κ3) is 4.43. The minimum Gasteiger partial charge on any atom is -0.0790 e. The molecule has 2 aromatic rings. The van der Waals surface area contributed by atoms with Crippen molar-refractivity contribution in [2.75, 3.05) is 0 Å². The van der Waals surface area contributed by atoms with Crippen LogP contribution in [0.2, 0.25) is 19.1 Å². The van der Waals surface area contributed by atoms with Crippen LogP contribution in [0.1, 0.15) is 25.3 Å². The number of hydrogen-bond acceptors (Lipinski definition) is 0. The van der Waals surface area contributed by atoms with Crippen LogP contribution in [-0.2, 0) is 0 Å². The molecule has 1 heteroatoms. The molecule has 21 heavy (non-hydrogen) atoms. The van der Waals surface area contributed by atoms with E-state index in [1.165, 1.54) is 17.2 Å². The van der Waals surface area contributed by atoms with E-state index in [9.17, 15) is 0 Å². The highest BCUT2D eigenvalue weighted by Crippen LogP contribution is 2.22. The van der Waals surface area contributed by atoms with E-state index in [2.05, 4.69) is 93.7 Å². The highest BCUT2D eigenvalue weighted by Gasteiger charge is 2.23. The minimum atomic E-state index is -1.38. The van der Waals surface area contributed by atoms with E-state index in [1.807, 2.05) is 0 Å². The van der Waals surface area contributed by atoms with E-state index in [1.54, 1.807) is 5.19 Å². The molecule has 0 heterocycles. The molecule has 2 aromatic carbocycles. The van der Waals surface area contributed by atoms with Crippen molar-refractivity contribution in [1.29, 1.82) is 0 Å². The first kappa shape index (κ1) is 15.8.